The number of hydrogen-bond donors (Lipinski definition) is 1. The van der Waals surface area contributed by atoms with Crippen molar-refractivity contribution < 1.29 is 14.3 Å². The average molecular weight is 380 g/mol. The Morgan fingerprint density at radius 2 is 1.71 bits per heavy atom. The fraction of sp³-hybridized carbons (Fsp3) is 0.391. The predicted octanol–water partition coefficient (Wildman–Crippen LogP) is 4.46. The summed E-state index contributed by atoms with van der Waals surface area (Å²) in [5, 5.41) is 0. The lowest BCUT2D eigenvalue weighted by Crippen LogP contribution is -2.64. The molecule has 2 N–H and O–H groups in total. The number of rotatable bonds is 4. The molecule has 1 heterocycles. The molecule has 0 bridgehead atoms. The van der Waals surface area contributed by atoms with E-state index in [1.165, 1.54) is 0 Å². The molecule has 1 aliphatic heterocycles. The van der Waals surface area contributed by atoms with Gasteiger partial charge in [-0.05, 0) is 24.0 Å². The molecule has 0 unspecified atom stereocenters. The molecule has 0 saturated carbocycles. The van der Waals surface area contributed by atoms with Gasteiger partial charge in [-0.1, -0.05) is 69.3 Å². The third-order valence-corrected chi connectivity index (χ3v) is 6.03. The molecule has 0 radical (unpaired) electrons. The predicted molar refractivity (Wildman–Crippen MR) is 110 cm³/mol. The summed E-state index contributed by atoms with van der Waals surface area (Å²) in [6.07, 6.45) is -0.671. The molecule has 2 amide bonds. The number of nitrogens with zero attached hydrogens (tertiary/aromatic N) is 1. The molecular formula is C23H28N2O3. The Morgan fingerprint density at radius 3 is 2.29 bits per heavy atom. The van der Waals surface area contributed by atoms with Crippen molar-refractivity contribution >= 4 is 17.7 Å². The number of hydrogen-bond acceptors (Lipinski definition) is 3. The highest BCUT2D eigenvalue weighted by Crippen LogP contribution is 2.52. The Kier molecular flexibility index (Phi) is 5.45. The first kappa shape index (κ1) is 19.9. The van der Waals surface area contributed by atoms with Crippen molar-refractivity contribution in [1.82, 2.24) is 0 Å². The van der Waals surface area contributed by atoms with Crippen molar-refractivity contribution in [2.24, 2.45) is 17.6 Å². The van der Waals surface area contributed by atoms with E-state index in [-0.39, 0.29) is 17.7 Å². The first-order valence-electron chi connectivity index (χ1n) is 9.68. The van der Waals surface area contributed by atoms with E-state index in [1.807, 2.05) is 54.3 Å². The minimum atomic E-state index is -0.805. The zero-order valence-corrected chi connectivity index (χ0v) is 16.9. The topological polar surface area (TPSA) is 72.6 Å². The third-order valence-electron chi connectivity index (χ3n) is 6.03. The number of fused-ring (bicyclic) bond motifs is 1. The Balaban J connectivity index is 2.25. The summed E-state index contributed by atoms with van der Waals surface area (Å²) < 4.78 is 5.60. The highest BCUT2D eigenvalue weighted by molar-refractivity contribution is 5.95. The molecule has 28 heavy (non-hydrogen) atoms. The van der Waals surface area contributed by atoms with E-state index in [9.17, 15) is 9.59 Å². The smallest absolute Gasteiger partial charge is 0.405 e. The second-order valence-corrected chi connectivity index (χ2v) is 7.87. The van der Waals surface area contributed by atoms with E-state index in [1.54, 1.807) is 6.92 Å². The summed E-state index contributed by atoms with van der Waals surface area (Å²) >= 11 is 0. The van der Waals surface area contributed by atoms with Crippen LogP contribution in [-0.4, -0.2) is 17.5 Å². The summed E-state index contributed by atoms with van der Waals surface area (Å²) in [4.78, 5) is 26.5. The maximum Gasteiger partial charge on any atom is 0.405 e. The van der Waals surface area contributed by atoms with Crippen LogP contribution in [0.4, 0.5) is 10.5 Å². The number of carbonyl (C=O) groups is 2. The van der Waals surface area contributed by atoms with Crippen molar-refractivity contribution in [3.63, 3.8) is 0 Å². The van der Waals surface area contributed by atoms with Crippen LogP contribution in [0.15, 0.2) is 54.6 Å². The third kappa shape index (κ3) is 3.26. The molecule has 0 fully saturated rings. The first-order chi connectivity index (χ1) is 13.3. The zero-order valence-electron chi connectivity index (χ0n) is 16.9. The second kappa shape index (κ2) is 7.66. The monoisotopic (exact) mass is 380 g/mol. The average Bonchev–Trinajstić information content (AvgIpc) is 2.65. The fourth-order valence-electron chi connectivity index (χ4n) is 4.80. The number of benzene rings is 2. The van der Waals surface area contributed by atoms with Gasteiger partial charge in [0.25, 0.3) is 0 Å². The van der Waals surface area contributed by atoms with Crippen LogP contribution in [0.5, 0.6) is 0 Å². The fourth-order valence-corrected chi connectivity index (χ4v) is 4.80. The van der Waals surface area contributed by atoms with Crippen LogP contribution in [0.1, 0.15) is 44.9 Å². The van der Waals surface area contributed by atoms with E-state index >= 15 is 0 Å². The Bertz CT molecular complexity index is 865. The van der Waals surface area contributed by atoms with Gasteiger partial charge in [0, 0.05) is 18.4 Å². The number of ether oxygens (including phenoxy) is 1. The number of nitrogens with two attached hydrogens (primary N) is 1. The van der Waals surface area contributed by atoms with Crippen LogP contribution >= 0.6 is 0 Å². The number of carbonyl (C=O) groups excluding carboxylic acids is 2. The molecule has 0 spiro atoms. The maximum atomic E-state index is 12.9. The Labute approximate surface area is 166 Å². The van der Waals surface area contributed by atoms with Crippen molar-refractivity contribution in [3.8, 4) is 0 Å². The van der Waals surface area contributed by atoms with Crippen LogP contribution < -0.4 is 10.6 Å². The second-order valence-electron chi connectivity index (χ2n) is 7.87. The molecular weight excluding hydrogens is 352 g/mol. The first-order valence-corrected chi connectivity index (χ1v) is 9.68. The van der Waals surface area contributed by atoms with Crippen molar-refractivity contribution in [1.29, 1.82) is 0 Å². The van der Waals surface area contributed by atoms with Gasteiger partial charge in [0.2, 0.25) is 5.91 Å². The summed E-state index contributed by atoms with van der Waals surface area (Å²) in [6, 6.07) is 17.7. The standard InChI is InChI=1S/C23H28N2O3/c1-15(2)23(14-18-10-6-5-7-11-18)16(3)21(28-22(24)27)19-12-8-9-13-20(19)25(23)17(4)26/h5-13,15-16,21H,14H2,1-4H3,(H2,24,27)/t16-,21+,23-/m0/s1. The van der Waals surface area contributed by atoms with E-state index in [2.05, 4.69) is 26.0 Å². The van der Waals surface area contributed by atoms with Gasteiger partial charge in [-0.2, -0.15) is 0 Å². The summed E-state index contributed by atoms with van der Waals surface area (Å²) in [5.74, 6) is -0.0700. The van der Waals surface area contributed by atoms with Crippen LogP contribution in [0.25, 0.3) is 0 Å². The SMILES string of the molecule is CC(=O)N1c2ccccc2[C@H](OC(N)=O)[C@H](C)[C@]1(Cc1ccccc1)C(C)C. The summed E-state index contributed by atoms with van der Waals surface area (Å²) in [6.45, 7) is 7.87. The highest BCUT2D eigenvalue weighted by Gasteiger charge is 2.54. The number of para-hydroxylation sites is 1. The molecule has 5 heteroatoms. The van der Waals surface area contributed by atoms with E-state index in [4.69, 9.17) is 10.5 Å². The maximum absolute atomic E-state index is 12.9. The normalized spacial score (nSPS) is 24.0. The highest BCUT2D eigenvalue weighted by atomic mass is 16.6. The van der Waals surface area contributed by atoms with Gasteiger partial charge in [-0.25, -0.2) is 4.79 Å². The molecule has 0 aliphatic carbocycles. The van der Waals surface area contributed by atoms with Crippen LogP contribution in [0, 0.1) is 11.8 Å². The minimum absolute atomic E-state index is 0.0264. The minimum Gasteiger partial charge on any atom is -0.441 e. The largest absolute Gasteiger partial charge is 0.441 e. The molecule has 0 aromatic heterocycles. The molecule has 148 valence electrons. The molecule has 3 atom stereocenters. The van der Waals surface area contributed by atoms with Gasteiger partial charge >= 0.3 is 6.09 Å². The number of anilines is 1. The quantitative estimate of drug-likeness (QED) is 0.851. The van der Waals surface area contributed by atoms with E-state index in [0.29, 0.717) is 6.42 Å². The van der Waals surface area contributed by atoms with Crippen molar-refractivity contribution in [2.75, 3.05) is 4.90 Å². The van der Waals surface area contributed by atoms with Gasteiger partial charge < -0.3 is 15.4 Å². The van der Waals surface area contributed by atoms with Crippen LogP contribution in [0.3, 0.4) is 0 Å². The lowest BCUT2D eigenvalue weighted by atomic mass is 9.65. The van der Waals surface area contributed by atoms with E-state index in [0.717, 1.165) is 16.8 Å². The lowest BCUT2D eigenvalue weighted by molar-refractivity contribution is -0.119. The van der Waals surface area contributed by atoms with Gasteiger partial charge in [0.1, 0.15) is 6.10 Å². The molecule has 5 nitrogen and oxygen atoms in total. The lowest BCUT2D eigenvalue weighted by Gasteiger charge is -2.56. The van der Waals surface area contributed by atoms with Gasteiger partial charge in [-0.15, -0.1) is 0 Å². The molecule has 3 rings (SSSR count). The Morgan fingerprint density at radius 1 is 1.11 bits per heavy atom. The summed E-state index contributed by atoms with van der Waals surface area (Å²) in [7, 11) is 0. The van der Waals surface area contributed by atoms with E-state index < -0.39 is 17.7 Å². The van der Waals surface area contributed by atoms with Gasteiger partial charge in [0.05, 0.1) is 11.2 Å². The Hall–Kier alpha value is -2.82. The van der Waals surface area contributed by atoms with Crippen molar-refractivity contribution in [2.45, 2.75) is 45.8 Å². The molecule has 1 aliphatic rings. The molecule has 2 aromatic rings. The molecule has 0 saturated heterocycles. The number of primary amides is 1. The van der Waals surface area contributed by atoms with Crippen LogP contribution in [0.2, 0.25) is 0 Å². The van der Waals surface area contributed by atoms with Crippen LogP contribution in [-0.2, 0) is 16.0 Å². The molecule has 2 aromatic carbocycles. The summed E-state index contributed by atoms with van der Waals surface area (Å²) in [5.41, 5.74) is 7.57. The van der Waals surface area contributed by atoms with Crippen molar-refractivity contribution in [3.05, 3.63) is 65.7 Å². The van der Waals surface area contributed by atoms with Gasteiger partial charge in [0.15, 0.2) is 0 Å². The zero-order chi connectivity index (χ0) is 20.5. The van der Waals surface area contributed by atoms with Gasteiger partial charge in [-0.3, -0.25) is 4.79 Å². The number of amides is 2.